The van der Waals surface area contributed by atoms with Gasteiger partial charge in [-0.3, -0.25) is 4.79 Å². The first-order chi connectivity index (χ1) is 12.2. The molecule has 1 aromatic heterocycles. The summed E-state index contributed by atoms with van der Waals surface area (Å²) in [7, 11) is 2.14. The van der Waals surface area contributed by atoms with E-state index < -0.39 is 0 Å². The third kappa shape index (κ3) is 5.99. The van der Waals surface area contributed by atoms with Gasteiger partial charge in [0.15, 0.2) is 0 Å². The first kappa shape index (κ1) is 18.2. The van der Waals surface area contributed by atoms with Crippen LogP contribution < -0.4 is 10.1 Å². The second kappa shape index (κ2) is 9.18. The molecule has 1 saturated carbocycles. The molecule has 1 saturated heterocycles. The van der Waals surface area contributed by atoms with Crippen molar-refractivity contribution in [3.8, 4) is 5.88 Å². The van der Waals surface area contributed by atoms with Crippen molar-refractivity contribution in [1.82, 2.24) is 9.88 Å². The van der Waals surface area contributed by atoms with E-state index >= 15 is 0 Å². The summed E-state index contributed by atoms with van der Waals surface area (Å²) in [6.07, 6.45) is 12.2. The fourth-order valence-corrected chi connectivity index (χ4v) is 3.83. The Morgan fingerprint density at radius 2 is 1.96 bits per heavy atom. The number of piperidine rings is 1. The molecule has 2 aliphatic rings. The van der Waals surface area contributed by atoms with E-state index in [1.807, 2.05) is 12.1 Å². The molecule has 5 heteroatoms. The lowest BCUT2D eigenvalue weighted by Gasteiger charge is -2.28. The fourth-order valence-electron chi connectivity index (χ4n) is 3.83. The maximum Gasteiger partial charge on any atom is 0.224 e. The Morgan fingerprint density at radius 3 is 2.64 bits per heavy atom. The van der Waals surface area contributed by atoms with Gasteiger partial charge in [0, 0.05) is 25.6 Å². The number of carbonyl (C=O) groups is 1. The number of nitrogens with one attached hydrogen (secondary N) is 1. The Bertz CT molecular complexity index is 532. The van der Waals surface area contributed by atoms with Gasteiger partial charge in [-0.05, 0) is 38.3 Å². The zero-order valence-electron chi connectivity index (χ0n) is 15.4. The first-order valence-corrected chi connectivity index (χ1v) is 9.80. The van der Waals surface area contributed by atoms with Crippen LogP contribution in [0.5, 0.6) is 5.88 Å². The molecule has 0 atom stereocenters. The van der Waals surface area contributed by atoms with Crippen molar-refractivity contribution in [2.45, 2.75) is 63.9 Å². The lowest BCUT2D eigenvalue weighted by molar-refractivity contribution is -0.116. The van der Waals surface area contributed by atoms with Crippen molar-refractivity contribution < 1.29 is 9.53 Å². The van der Waals surface area contributed by atoms with Crippen molar-refractivity contribution in [2.24, 2.45) is 5.92 Å². The topological polar surface area (TPSA) is 54.5 Å². The Morgan fingerprint density at radius 1 is 1.20 bits per heavy atom. The second-order valence-electron chi connectivity index (χ2n) is 7.60. The number of nitrogens with zero attached hydrogens (tertiary/aromatic N) is 2. The Balaban J connectivity index is 1.40. The van der Waals surface area contributed by atoms with Crippen molar-refractivity contribution in [2.75, 3.05) is 25.5 Å². The van der Waals surface area contributed by atoms with Crippen LogP contribution in [0.25, 0.3) is 0 Å². The maximum atomic E-state index is 12.1. The van der Waals surface area contributed by atoms with Gasteiger partial charge in [-0.25, -0.2) is 4.98 Å². The molecule has 1 amide bonds. The summed E-state index contributed by atoms with van der Waals surface area (Å²) in [4.78, 5) is 18.8. The number of aromatic nitrogens is 1. The SMILES string of the molecule is CN1CCC(Oc2ccc(NC(=O)CCC3CCCCC3)cn2)CC1. The van der Waals surface area contributed by atoms with E-state index in [4.69, 9.17) is 4.74 Å². The minimum absolute atomic E-state index is 0.0939. The molecule has 3 rings (SSSR count). The molecule has 138 valence electrons. The van der Waals surface area contributed by atoms with E-state index in [1.165, 1.54) is 32.1 Å². The third-order valence-corrected chi connectivity index (χ3v) is 5.48. The lowest BCUT2D eigenvalue weighted by atomic mass is 9.86. The van der Waals surface area contributed by atoms with Gasteiger partial charge in [0.05, 0.1) is 11.9 Å². The van der Waals surface area contributed by atoms with Crippen LogP contribution in [0.1, 0.15) is 57.8 Å². The number of likely N-dealkylation sites (tertiary alicyclic amines) is 1. The number of rotatable bonds is 6. The maximum absolute atomic E-state index is 12.1. The summed E-state index contributed by atoms with van der Waals surface area (Å²) < 4.78 is 5.94. The van der Waals surface area contributed by atoms with Crippen LogP contribution >= 0.6 is 0 Å². The van der Waals surface area contributed by atoms with Crippen LogP contribution in [-0.4, -0.2) is 42.0 Å². The molecular formula is C20H31N3O2. The normalized spacial score (nSPS) is 20.4. The van der Waals surface area contributed by atoms with Gasteiger partial charge in [0.25, 0.3) is 0 Å². The van der Waals surface area contributed by atoms with Gasteiger partial charge >= 0.3 is 0 Å². The summed E-state index contributed by atoms with van der Waals surface area (Å²) >= 11 is 0. The predicted molar refractivity (Wildman–Crippen MR) is 99.8 cm³/mol. The first-order valence-electron chi connectivity index (χ1n) is 9.80. The predicted octanol–water partition coefficient (Wildman–Crippen LogP) is 3.85. The van der Waals surface area contributed by atoms with Gasteiger partial charge in [0.2, 0.25) is 11.8 Å². The van der Waals surface area contributed by atoms with Gasteiger partial charge in [-0.1, -0.05) is 32.1 Å². The molecule has 0 spiro atoms. The molecular weight excluding hydrogens is 314 g/mol. The molecule has 0 unspecified atom stereocenters. The standard InChI is InChI=1S/C20H31N3O2/c1-23-13-11-18(12-14-23)25-20-10-8-17(15-21-20)22-19(24)9-7-16-5-3-2-4-6-16/h8,10,15-16,18H,2-7,9,11-14H2,1H3,(H,22,24). The van der Waals surface area contributed by atoms with Crippen LogP contribution in [-0.2, 0) is 4.79 Å². The van der Waals surface area contributed by atoms with Gasteiger partial charge in [-0.2, -0.15) is 0 Å². The largest absolute Gasteiger partial charge is 0.474 e. The number of carbonyl (C=O) groups excluding carboxylic acids is 1. The summed E-state index contributed by atoms with van der Waals surface area (Å²) in [6.45, 7) is 2.14. The summed E-state index contributed by atoms with van der Waals surface area (Å²) in [6, 6.07) is 3.74. The molecule has 5 nitrogen and oxygen atoms in total. The van der Waals surface area contributed by atoms with Crippen LogP contribution in [0.4, 0.5) is 5.69 Å². The second-order valence-corrected chi connectivity index (χ2v) is 7.60. The van der Waals surface area contributed by atoms with Gasteiger partial charge in [0.1, 0.15) is 6.10 Å². The number of ether oxygens (including phenoxy) is 1. The number of pyridine rings is 1. The average molecular weight is 345 g/mol. The van der Waals surface area contributed by atoms with Crippen LogP contribution in [0.3, 0.4) is 0 Å². The van der Waals surface area contributed by atoms with E-state index in [2.05, 4.69) is 22.2 Å². The molecule has 1 aliphatic heterocycles. The number of amides is 1. The number of hydrogen-bond donors (Lipinski definition) is 1. The van der Waals surface area contributed by atoms with E-state index in [9.17, 15) is 4.79 Å². The molecule has 0 radical (unpaired) electrons. The van der Waals surface area contributed by atoms with E-state index in [1.54, 1.807) is 6.20 Å². The van der Waals surface area contributed by atoms with E-state index in [-0.39, 0.29) is 12.0 Å². The Kier molecular flexibility index (Phi) is 6.68. The molecule has 2 fully saturated rings. The minimum atomic E-state index is 0.0939. The van der Waals surface area contributed by atoms with Crippen LogP contribution in [0, 0.1) is 5.92 Å². The van der Waals surface area contributed by atoms with Crippen LogP contribution in [0.2, 0.25) is 0 Å². The highest BCUT2D eigenvalue weighted by atomic mass is 16.5. The lowest BCUT2D eigenvalue weighted by Crippen LogP contribution is -2.35. The molecule has 1 aliphatic carbocycles. The Hall–Kier alpha value is -1.62. The number of hydrogen-bond acceptors (Lipinski definition) is 4. The quantitative estimate of drug-likeness (QED) is 0.851. The van der Waals surface area contributed by atoms with Crippen molar-refractivity contribution in [3.63, 3.8) is 0 Å². The smallest absolute Gasteiger partial charge is 0.224 e. The zero-order chi connectivity index (χ0) is 17.5. The third-order valence-electron chi connectivity index (χ3n) is 5.48. The highest BCUT2D eigenvalue weighted by molar-refractivity contribution is 5.90. The molecule has 0 bridgehead atoms. The zero-order valence-corrected chi connectivity index (χ0v) is 15.4. The number of anilines is 1. The summed E-state index contributed by atoms with van der Waals surface area (Å²) in [5.74, 6) is 1.48. The average Bonchev–Trinajstić information content (AvgIpc) is 2.64. The molecule has 25 heavy (non-hydrogen) atoms. The molecule has 1 N–H and O–H groups in total. The van der Waals surface area contributed by atoms with Gasteiger partial charge < -0.3 is 15.0 Å². The molecule has 1 aromatic rings. The van der Waals surface area contributed by atoms with Crippen molar-refractivity contribution in [3.05, 3.63) is 18.3 Å². The van der Waals surface area contributed by atoms with E-state index in [0.717, 1.165) is 44.0 Å². The molecule has 0 aromatic carbocycles. The van der Waals surface area contributed by atoms with Crippen molar-refractivity contribution in [1.29, 1.82) is 0 Å². The Labute approximate surface area is 151 Å². The highest BCUT2D eigenvalue weighted by Crippen LogP contribution is 2.27. The van der Waals surface area contributed by atoms with E-state index in [0.29, 0.717) is 12.3 Å². The highest BCUT2D eigenvalue weighted by Gasteiger charge is 2.18. The summed E-state index contributed by atoms with van der Waals surface area (Å²) in [5, 5.41) is 2.95. The fraction of sp³-hybridized carbons (Fsp3) is 0.700. The van der Waals surface area contributed by atoms with Crippen molar-refractivity contribution >= 4 is 11.6 Å². The van der Waals surface area contributed by atoms with Gasteiger partial charge in [-0.15, -0.1) is 0 Å². The summed E-state index contributed by atoms with van der Waals surface area (Å²) in [5.41, 5.74) is 0.754. The minimum Gasteiger partial charge on any atom is -0.474 e. The van der Waals surface area contributed by atoms with Crippen LogP contribution in [0.15, 0.2) is 18.3 Å². The molecule has 2 heterocycles. The monoisotopic (exact) mass is 345 g/mol.